The van der Waals surface area contributed by atoms with E-state index in [1.807, 2.05) is 104 Å². The lowest BCUT2D eigenvalue weighted by Gasteiger charge is -2.21. The lowest BCUT2D eigenvalue weighted by molar-refractivity contribution is -0.0887. The SMILES string of the molecule is CC(=O)c1c(C)n(CC(C)(C)C)c2ccc(-c3cnc(C)nc3)cc12.CC(=O)c1c(F)n(CC(C)(C)C)c2ccc(-c3cnc(C)nc3)cc12.CC(=O)c1cn(CC(C)(C)C)c2cc(F)c(-c3cnc(C)nc3)cc12.CC(=O)c1nn(CC(C)(C)C)c2cc(F)c(-c3cnc(C)nc3)cc12.Cc1ncc(-c2cc3c(C(=O)C(F)(F)F)nn(CC(C)(C)C)c3cn2)cn1. The van der Waals surface area contributed by atoms with E-state index in [2.05, 4.69) is 150 Å². The van der Waals surface area contributed by atoms with Crippen molar-refractivity contribution in [1.29, 1.82) is 0 Å². The first-order valence-corrected chi connectivity index (χ1v) is 41.6. The Kier molecular flexibility index (Phi) is 27.4. The number of halogens is 6. The molecule has 0 amide bonds. The highest BCUT2D eigenvalue weighted by molar-refractivity contribution is 6.12. The number of carbonyl (C=O) groups excluding carboxylic acids is 5. The van der Waals surface area contributed by atoms with Gasteiger partial charge in [-0.2, -0.15) is 27.8 Å². The number of hydrogen-bond donors (Lipinski definition) is 0. The maximum absolute atomic E-state index is 15.0. The molecule has 0 aliphatic carbocycles. The lowest BCUT2D eigenvalue weighted by Crippen LogP contribution is -2.24. The number of hydrogen-bond acceptors (Lipinski definition) is 18. The van der Waals surface area contributed by atoms with E-state index < -0.39 is 23.6 Å². The van der Waals surface area contributed by atoms with Crippen LogP contribution in [0.4, 0.5) is 26.3 Å². The van der Waals surface area contributed by atoms with Gasteiger partial charge in [-0.05, 0) is 149 Å². The number of fused-ring (bicyclic) bond motifs is 5. The predicted molar refractivity (Wildman–Crippen MR) is 484 cm³/mol. The fraction of sp³-hybridized carbons (Fsp3) is 0.367. The standard InChI is InChI=1S/C21H25N3O.2C20H22FN3O.C19H21FN4O.C18H18F3N5O/c1-13-20(14(2)25)18-9-16(17-10-22-15(3)23-11-17)7-8-19(18)24(13)12-21(4,5)6;1-12(25)17-10-24(11-20(3,4)5)19-7-18(21)15(6-16(17)19)14-8-22-13(2)23-9-14;1-12(25)18-16-8-14(15-9-22-13(2)23-10-15)6-7-17(16)24(19(18)21)11-20(3,4)5;1-11(25)18-15-6-14(13-8-21-12(2)22-9-13)16(20)7-17(15)24(23-18)10-19(3,4)5;1-10-22-6-11(7-23-10)13-5-12-14(8-24-13)26(9-17(2,3)4)25-15(12)16(27)18(19,20)21/h7-11H,12H2,1-6H3;2*6-10H,11H2,1-5H3;6-9H,10H2,1-5H3;5-8H,9H2,1-4H3. The smallest absolute Gasteiger partial charge is 0.346 e. The monoisotopic (exact) mass is 1730 g/mol. The van der Waals surface area contributed by atoms with Gasteiger partial charge in [0.1, 0.15) is 52.1 Å². The zero-order valence-corrected chi connectivity index (χ0v) is 76.7. The summed E-state index contributed by atoms with van der Waals surface area (Å²) in [5.74, 6) is -0.256. The molecule has 662 valence electrons. The van der Waals surface area contributed by atoms with E-state index in [0.717, 1.165) is 73.2 Å². The van der Waals surface area contributed by atoms with E-state index in [-0.39, 0.29) is 72.8 Å². The summed E-state index contributed by atoms with van der Waals surface area (Å²) in [7, 11) is 0. The molecule has 15 rings (SSSR count). The van der Waals surface area contributed by atoms with Gasteiger partial charge < -0.3 is 13.7 Å². The number of pyridine rings is 1. The minimum absolute atomic E-state index is 0.0138. The van der Waals surface area contributed by atoms with Crippen LogP contribution < -0.4 is 0 Å². The molecule has 0 N–H and O–H groups in total. The lowest BCUT2D eigenvalue weighted by atomic mass is 9.96. The average Bonchev–Trinajstić information content (AvgIpc) is 1.61. The van der Waals surface area contributed by atoms with Crippen molar-refractivity contribution in [3.63, 3.8) is 0 Å². The van der Waals surface area contributed by atoms with Gasteiger partial charge >= 0.3 is 6.18 Å². The second kappa shape index (κ2) is 36.8. The Morgan fingerprint density at radius 3 is 1.11 bits per heavy atom. The Morgan fingerprint density at radius 2 is 0.701 bits per heavy atom. The normalized spacial score (nSPS) is 12.1. The van der Waals surface area contributed by atoms with Crippen LogP contribution in [-0.2, 0) is 32.7 Å². The number of carbonyl (C=O) groups is 5. The van der Waals surface area contributed by atoms with E-state index in [9.17, 15) is 50.3 Å². The van der Waals surface area contributed by atoms with Crippen molar-refractivity contribution in [3.8, 4) is 55.8 Å². The molecule has 0 fully saturated rings. The van der Waals surface area contributed by atoms with E-state index in [1.165, 1.54) is 62.2 Å². The molecule has 127 heavy (non-hydrogen) atoms. The van der Waals surface area contributed by atoms with Crippen LogP contribution in [-0.4, -0.2) is 123 Å². The molecule has 0 spiro atoms. The van der Waals surface area contributed by atoms with Crippen LogP contribution in [0.25, 0.3) is 110 Å². The van der Waals surface area contributed by atoms with Gasteiger partial charge in [-0.25, -0.2) is 58.6 Å². The summed E-state index contributed by atoms with van der Waals surface area (Å²) in [5, 5.41) is 11.5. The summed E-state index contributed by atoms with van der Waals surface area (Å²) >= 11 is 0. The molecule has 15 aromatic rings. The molecular formula is C98H108F6N18O5. The quantitative estimate of drug-likeness (QED) is 0.0681. The zero-order valence-electron chi connectivity index (χ0n) is 76.7. The number of Topliss-reactive ketones (excluding diaryl/α,β-unsaturated/α-hetero) is 5. The first-order chi connectivity index (χ1) is 59.1. The molecule has 11 heterocycles. The summed E-state index contributed by atoms with van der Waals surface area (Å²) in [6.45, 7) is 51.2. The summed E-state index contributed by atoms with van der Waals surface area (Å²) < 4.78 is 92.6. The number of benzene rings is 4. The van der Waals surface area contributed by atoms with Gasteiger partial charge in [0.2, 0.25) is 5.95 Å². The van der Waals surface area contributed by atoms with Gasteiger partial charge in [-0.3, -0.25) is 38.3 Å². The zero-order chi connectivity index (χ0) is 93.4. The van der Waals surface area contributed by atoms with Crippen LogP contribution in [0.5, 0.6) is 0 Å². The third kappa shape index (κ3) is 22.8. The summed E-state index contributed by atoms with van der Waals surface area (Å²) in [5.41, 5.74) is 12.2. The van der Waals surface area contributed by atoms with Crippen molar-refractivity contribution in [2.24, 2.45) is 27.1 Å². The average molecular weight is 1730 g/mol. The van der Waals surface area contributed by atoms with Crippen molar-refractivity contribution in [2.75, 3.05) is 0 Å². The van der Waals surface area contributed by atoms with Gasteiger partial charge in [-0.15, -0.1) is 0 Å². The highest BCUT2D eigenvalue weighted by Crippen LogP contribution is 2.39. The van der Waals surface area contributed by atoms with E-state index >= 15 is 0 Å². The topological polar surface area (TPSA) is 278 Å². The molecule has 0 atom stereocenters. The molecule has 0 saturated carbocycles. The van der Waals surface area contributed by atoms with Gasteiger partial charge in [-0.1, -0.05) is 116 Å². The first kappa shape index (κ1) is 94.6. The third-order valence-electron chi connectivity index (χ3n) is 20.3. The molecule has 4 aromatic carbocycles. The van der Waals surface area contributed by atoms with Crippen LogP contribution in [0.3, 0.4) is 0 Å². The van der Waals surface area contributed by atoms with E-state index in [4.69, 9.17) is 0 Å². The Labute approximate surface area is 734 Å². The number of ketones is 5. The van der Waals surface area contributed by atoms with Crippen LogP contribution in [0.2, 0.25) is 0 Å². The molecule has 0 radical (unpaired) electrons. The second-order valence-corrected chi connectivity index (χ2v) is 38.2. The minimum Gasteiger partial charge on any atom is -0.346 e. The number of aryl methyl sites for hydroxylation is 5. The maximum Gasteiger partial charge on any atom is 0.456 e. The molecule has 23 nitrogen and oxygen atoms in total. The molecule has 0 aliphatic rings. The number of aromatic nitrogens is 18. The Balaban J connectivity index is 0.000000154. The molecule has 11 aromatic heterocycles. The summed E-state index contributed by atoms with van der Waals surface area (Å²) in [6.07, 6.45) is 14.8. The largest absolute Gasteiger partial charge is 0.456 e. The summed E-state index contributed by atoms with van der Waals surface area (Å²) in [6, 6.07) is 19.7. The minimum atomic E-state index is -5.01. The van der Waals surface area contributed by atoms with E-state index in [0.29, 0.717) is 116 Å². The van der Waals surface area contributed by atoms with Gasteiger partial charge in [0.05, 0.1) is 39.5 Å². The Bertz CT molecular complexity index is 6350. The Hall–Kier alpha value is -13.1. The highest BCUT2D eigenvalue weighted by Gasteiger charge is 2.43. The van der Waals surface area contributed by atoms with Crippen molar-refractivity contribution in [2.45, 2.75) is 212 Å². The first-order valence-electron chi connectivity index (χ1n) is 41.6. The van der Waals surface area contributed by atoms with Crippen LogP contribution in [0.1, 0.15) is 218 Å². The molecular weight excluding hydrogens is 1620 g/mol. The predicted octanol–water partition coefficient (Wildman–Crippen LogP) is 22.7. The van der Waals surface area contributed by atoms with Crippen molar-refractivity contribution in [3.05, 3.63) is 222 Å². The fourth-order valence-electron chi connectivity index (χ4n) is 14.7. The number of rotatable bonds is 15. The van der Waals surface area contributed by atoms with Gasteiger partial charge in [0.15, 0.2) is 23.1 Å². The number of alkyl halides is 3. The van der Waals surface area contributed by atoms with Crippen LogP contribution >= 0.6 is 0 Å². The van der Waals surface area contributed by atoms with Crippen molar-refractivity contribution in [1.82, 2.24) is 88.1 Å². The molecule has 29 heteroatoms. The van der Waals surface area contributed by atoms with Crippen LogP contribution in [0, 0.1) is 86.2 Å². The van der Waals surface area contributed by atoms with Crippen molar-refractivity contribution < 1.29 is 50.3 Å². The molecule has 0 aliphatic heterocycles. The number of nitrogens with zero attached hydrogens (tertiary/aromatic N) is 18. The molecule has 0 saturated heterocycles. The van der Waals surface area contributed by atoms with Crippen LogP contribution in [0.15, 0.2) is 141 Å². The van der Waals surface area contributed by atoms with Gasteiger partial charge in [0, 0.05) is 202 Å². The maximum atomic E-state index is 15.0. The summed E-state index contributed by atoms with van der Waals surface area (Å²) in [4.78, 5) is 106. The Morgan fingerprint density at radius 1 is 0.331 bits per heavy atom. The fourth-order valence-corrected chi connectivity index (χ4v) is 14.7. The molecule has 0 bridgehead atoms. The van der Waals surface area contributed by atoms with Crippen molar-refractivity contribution >= 4 is 83.4 Å². The van der Waals surface area contributed by atoms with E-state index in [1.54, 1.807) is 86.3 Å². The highest BCUT2D eigenvalue weighted by atomic mass is 19.4. The molecule has 0 unspecified atom stereocenters. The second-order valence-electron chi connectivity index (χ2n) is 38.2. The third-order valence-corrected chi connectivity index (χ3v) is 20.3. The van der Waals surface area contributed by atoms with Gasteiger partial charge in [0.25, 0.3) is 5.78 Å².